The number of hydrogen-bond acceptors (Lipinski definition) is 4. The topological polar surface area (TPSA) is 78.1 Å². The molecule has 0 radical (unpaired) electrons. The van der Waals surface area contributed by atoms with Gasteiger partial charge in [-0.1, -0.05) is 13.3 Å². The zero-order chi connectivity index (χ0) is 14.3. The third-order valence-corrected chi connectivity index (χ3v) is 2.34. The fourth-order valence-electron chi connectivity index (χ4n) is 1.39. The molecule has 0 heterocycles. The molecular weight excluding hydrogens is 373 g/mol. The van der Waals surface area contributed by atoms with Crippen LogP contribution >= 0.6 is 24.0 Å². The van der Waals surface area contributed by atoms with Crippen molar-refractivity contribution in [3.05, 3.63) is 0 Å². The van der Waals surface area contributed by atoms with Gasteiger partial charge in [-0.2, -0.15) is 0 Å². The number of rotatable bonds is 12. The Hall–Kier alpha value is -0.120. The quantitative estimate of drug-likeness (QED) is 0.223. The number of ether oxygens (including phenoxy) is 3. The van der Waals surface area contributed by atoms with Gasteiger partial charge < -0.3 is 25.3 Å². The molecule has 1 unspecified atom stereocenters. The number of aliphatic imine (C=N–C) groups is 1. The summed E-state index contributed by atoms with van der Waals surface area (Å²) in [4.78, 5) is 4.16. The number of nitrogens with zero attached hydrogens (tertiary/aromatic N) is 1. The lowest BCUT2D eigenvalue weighted by molar-refractivity contribution is 0.0497. The SMILES string of the molecule is CCCCOCCOCCN=C(N)NC(C)COC.I. The van der Waals surface area contributed by atoms with E-state index in [1.165, 1.54) is 0 Å². The zero-order valence-corrected chi connectivity index (χ0v) is 15.2. The lowest BCUT2D eigenvalue weighted by Gasteiger charge is -2.13. The van der Waals surface area contributed by atoms with Gasteiger partial charge in [-0.05, 0) is 13.3 Å². The van der Waals surface area contributed by atoms with Crippen molar-refractivity contribution in [2.75, 3.05) is 46.7 Å². The molecule has 0 aliphatic carbocycles. The molecule has 0 saturated heterocycles. The standard InChI is InChI=1S/C13H29N3O3.HI/c1-4-5-7-18-9-10-19-8-6-15-13(14)16-12(2)11-17-3;/h12H,4-11H2,1-3H3,(H3,14,15,16);1H. The molecule has 0 spiro atoms. The van der Waals surface area contributed by atoms with Crippen LogP contribution in [-0.2, 0) is 14.2 Å². The van der Waals surface area contributed by atoms with E-state index in [2.05, 4.69) is 17.2 Å². The van der Waals surface area contributed by atoms with Crippen molar-refractivity contribution in [3.63, 3.8) is 0 Å². The summed E-state index contributed by atoms with van der Waals surface area (Å²) in [6.07, 6.45) is 2.26. The highest BCUT2D eigenvalue weighted by Crippen LogP contribution is 1.88. The lowest BCUT2D eigenvalue weighted by Crippen LogP contribution is -2.40. The van der Waals surface area contributed by atoms with Crippen LogP contribution in [0.25, 0.3) is 0 Å². The lowest BCUT2D eigenvalue weighted by atomic mass is 10.4. The molecule has 1 atom stereocenters. The van der Waals surface area contributed by atoms with E-state index in [-0.39, 0.29) is 30.0 Å². The van der Waals surface area contributed by atoms with Gasteiger partial charge in [-0.3, -0.25) is 4.99 Å². The maximum atomic E-state index is 5.70. The van der Waals surface area contributed by atoms with Crippen molar-refractivity contribution < 1.29 is 14.2 Å². The van der Waals surface area contributed by atoms with Crippen LogP contribution in [0.4, 0.5) is 0 Å². The Labute approximate surface area is 139 Å². The summed E-state index contributed by atoms with van der Waals surface area (Å²) in [5, 5.41) is 3.03. The van der Waals surface area contributed by atoms with Gasteiger partial charge in [0.25, 0.3) is 0 Å². The third kappa shape index (κ3) is 15.9. The Morgan fingerprint density at radius 2 is 1.85 bits per heavy atom. The second-order valence-corrected chi connectivity index (χ2v) is 4.35. The van der Waals surface area contributed by atoms with Crippen LogP contribution in [0.5, 0.6) is 0 Å². The van der Waals surface area contributed by atoms with Gasteiger partial charge in [0.05, 0.1) is 33.0 Å². The van der Waals surface area contributed by atoms with Crippen molar-refractivity contribution in [1.29, 1.82) is 0 Å². The fourth-order valence-corrected chi connectivity index (χ4v) is 1.39. The first kappa shape index (κ1) is 22.2. The van der Waals surface area contributed by atoms with Crippen molar-refractivity contribution in [2.45, 2.75) is 32.7 Å². The second-order valence-electron chi connectivity index (χ2n) is 4.35. The molecule has 20 heavy (non-hydrogen) atoms. The van der Waals surface area contributed by atoms with Crippen LogP contribution in [0.1, 0.15) is 26.7 Å². The Bertz CT molecular complexity index is 231. The molecule has 0 aromatic heterocycles. The number of hydrogen-bond donors (Lipinski definition) is 2. The first-order valence-corrected chi connectivity index (χ1v) is 6.91. The van der Waals surface area contributed by atoms with Gasteiger partial charge in [0.1, 0.15) is 0 Å². The van der Waals surface area contributed by atoms with E-state index in [1.807, 2.05) is 6.92 Å². The summed E-state index contributed by atoms with van der Waals surface area (Å²) in [7, 11) is 1.65. The first-order valence-electron chi connectivity index (χ1n) is 6.91. The van der Waals surface area contributed by atoms with Gasteiger partial charge in [0.15, 0.2) is 5.96 Å². The molecule has 3 N–H and O–H groups in total. The molecule has 6 nitrogen and oxygen atoms in total. The van der Waals surface area contributed by atoms with Crippen LogP contribution in [0.15, 0.2) is 4.99 Å². The minimum atomic E-state index is 0. The van der Waals surface area contributed by atoms with E-state index < -0.39 is 0 Å². The predicted molar refractivity (Wildman–Crippen MR) is 92.9 cm³/mol. The normalized spacial score (nSPS) is 12.8. The number of methoxy groups -OCH3 is 1. The Kier molecular flexibility index (Phi) is 18.8. The Balaban J connectivity index is 0. The van der Waals surface area contributed by atoms with E-state index in [0.717, 1.165) is 19.4 Å². The van der Waals surface area contributed by atoms with Crippen molar-refractivity contribution >= 4 is 29.9 Å². The highest BCUT2D eigenvalue weighted by molar-refractivity contribution is 14.0. The van der Waals surface area contributed by atoms with Crippen molar-refractivity contribution in [3.8, 4) is 0 Å². The minimum Gasteiger partial charge on any atom is -0.383 e. The van der Waals surface area contributed by atoms with Crippen LogP contribution < -0.4 is 11.1 Å². The number of guanidine groups is 1. The largest absolute Gasteiger partial charge is 0.383 e. The number of nitrogens with one attached hydrogen (secondary N) is 1. The Morgan fingerprint density at radius 1 is 1.20 bits per heavy atom. The third-order valence-electron chi connectivity index (χ3n) is 2.34. The molecule has 0 fully saturated rings. The van der Waals surface area contributed by atoms with E-state index in [4.69, 9.17) is 19.9 Å². The summed E-state index contributed by atoms with van der Waals surface area (Å²) >= 11 is 0. The van der Waals surface area contributed by atoms with Gasteiger partial charge in [-0.25, -0.2) is 0 Å². The Morgan fingerprint density at radius 3 is 2.45 bits per heavy atom. The average molecular weight is 403 g/mol. The maximum Gasteiger partial charge on any atom is 0.188 e. The minimum absolute atomic E-state index is 0. The molecule has 122 valence electrons. The molecule has 0 bridgehead atoms. The zero-order valence-electron chi connectivity index (χ0n) is 12.9. The molecular formula is C13H30IN3O3. The number of halogens is 1. The highest BCUT2D eigenvalue weighted by Gasteiger charge is 2.00. The van der Waals surface area contributed by atoms with Crippen molar-refractivity contribution in [2.24, 2.45) is 10.7 Å². The number of unbranched alkanes of at least 4 members (excludes halogenated alkanes) is 1. The van der Waals surface area contributed by atoms with Gasteiger partial charge in [0, 0.05) is 19.8 Å². The second kappa shape index (κ2) is 16.9. The van der Waals surface area contributed by atoms with Crippen LogP contribution in [0, 0.1) is 0 Å². The summed E-state index contributed by atoms with van der Waals surface area (Å²) in [5.41, 5.74) is 5.70. The van der Waals surface area contributed by atoms with Crippen LogP contribution in [0.2, 0.25) is 0 Å². The van der Waals surface area contributed by atoms with Gasteiger partial charge in [0.2, 0.25) is 0 Å². The van der Waals surface area contributed by atoms with Gasteiger partial charge in [-0.15, -0.1) is 24.0 Å². The molecule has 0 rings (SSSR count). The average Bonchev–Trinajstić information content (AvgIpc) is 2.37. The summed E-state index contributed by atoms with van der Waals surface area (Å²) < 4.78 is 15.7. The summed E-state index contributed by atoms with van der Waals surface area (Å²) in [5.74, 6) is 0.423. The van der Waals surface area contributed by atoms with E-state index in [1.54, 1.807) is 7.11 Å². The molecule has 0 aromatic carbocycles. The molecule has 0 aliphatic heterocycles. The van der Waals surface area contributed by atoms with Crippen LogP contribution in [-0.4, -0.2) is 58.7 Å². The maximum absolute atomic E-state index is 5.70. The van der Waals surface area contributed by atoms with E-state index in [0.29, 0.717) is 38.9 Å². The highest BCUT2D eigenvalue weighted by atomic mass is 127. The molecule has 0 aromatic rings. The van der Waals surface area contributed by atoms with E-state index >= 15 is 0 Å². The first-order chi connectivity index (χ1) is 9.20. The molecule has 0 amide bonds. The van der Waals surface area contributed by atoms with Crippen LogP contribution in [0.3, 0.4) is 0 Å². The molecule has 0 aliphatic rings. The molecule has 0 saturated carbocycles. The monoisotopic (exact) mass is 403 g/mol. The number of nitrogens with two attached hydrogens (primary N) is 1. The fraction of sp³-hybridized carbons (Fsp3) is 0.923. The van der Waals surface area contributed by atoms with Crippen molar-refractivity contribution in [1.82, 2.24) is 5.32 Å². The smallest absolute Gasteiger partial charge is 0.188 e. The molecule has 7 heteroatoms. The predicted octanol–water partition coefficient (Wildman–Crippen LogP) is 1.38. The summed E-state index contributed by atoms with van der Waals surface area (Å²) in [6.45, 7) is 7.88. The van der Waals surface area contributed by atoms with Gasteiger partial charge >= 0.3 is 0 Å². The summed E-state index contributed by atoms with van der Waals surface area (Å²) in [6, 6.07) is 0.154. The van der Waals surface area contributed by atoms with E-state index in [9.17, 15) is 0 Å².